The van der Waals surface area contributed by atoms with Crippen LogP contribution in [0.3, 0.4) is 0 Å². The molecule has 3 N–H and O–H groups in total. The first kappa shape index (κ1) is 13.7. The fraction of sp³-hybridized carbons (Fsp3) is 0.800. The van der Waals surface area contributed by atoms with E-state index in [4.69, 9.17) is 15.3 Å². The van der Waals surface area contributed by atoms with E-state index in [9.17, 15) is 9.59 Å². The molecule has 17 heavy (non-hydrogen) atoms. The molecule has 1 fully saturated rings. The standard InChI is InChI=1S/C10H18N2O5/c13-6-4-11(5-7-14)10(17)12-3-1-2-8(12)9(15)16/h8,13-14H,1-7H2,(H,15,16)/t8-/m0/s1. The van der Waals surface area contributed by atoms with Crippen LogP contribution in [0.4, 0.5) is 4.79 Å². The second kappa shape index (κ2) is 6.41. The van der Waals surface area contributed by atoms with Crippen molar-refractivity contribution in [2.45, 2.75) is 18.9 Å². The van der Waals surface area contributed by atoms with Crippen molar-refractivity contribution in [3.63, 3.8) is 0 Å². The third-order valence-electron chi connectivity index (χ3n) is 2.79. The van der Waals surface area contributed by atoms with Gasteiger partial charge in [0, 0.05) is 19.6 Å². The maximum absolute atomic E-state index is 12.0. The van der Waals surface area contributed by atoms with Gasteiger partial charge in [-0.25, -0.2) is 9.59 Å². The molecule has 0 unspecified atom stereocenters. The topological polar surface area (TPSA) is 101 Å². The Labute approximate surface area is 99.2 Å². The van der Waals surface area contributed by atoms with Crippen LogP contribution in [0.25, 0.3) is 0 Å². The van der Waals surface area contributed by atoms with Crippen LogP contribution in [0.15, 0.2) is 0 Å². The molecule has 7 nitrogen and oxygen atoms in total. The molecule has 98 valence electrons. The Balaban J connectivity index is 2.68. The Morgan fingerprint density at radius 1 is 1.24 bits per heavy atom. The molecule has 0 aromatic rings. The summed E-state index contributed by atoms with van der Waals surface area (Å²) in [6.07, 6.45) is 1.11. The summed E-state index contributed by atoms with van der Waals surface area (Å²) in [7, 11) is 0. The van der Waals surface area contributed by atoms with Gasteiger partial charge < -0.3 is 25.1 Å². The third-order valence-corrected chi connectivity index (χ3v) is 2.79. The lowest BCUT2D eigenvalue weighted by molar-refractivity contribution is -0.141. The number of carbonyl (C=O) groups excluding carboxylic acids is 1. The van der Waals surface area contributed by atoms with Crippen molar-refractivity contribution in [2.75, 3.05) is 32.8 Å². The quantitative estimate of drug-likeness (QED) is 0.574. The van der Waals surface area contributed by atoms with Gasteiger partial charge in [-0.2, -0.15) is 0 Å². The first-order chi connectivity index (χ1) is 8.11. The van der Waals surface area contributed by atoms with Crippen LogP contribution in [0, 0.1) is 0 Å². The van der Waals surface area contributed by atoms with Crippen LogP contribution in [0.2, 0.25) is 0 Å². The first-order valence-corrected chi connectivity index (χ1v) is 5.62. The van der Waals surface area contributed by atoms with Gasteiger partial charge >= 0.3 is 12.0 Å². The lowest BCUT2D eigenvalue weighted by atomic mass is 10.2. The van der Waals surface area contributed by atoms with Crippen molar-refractivity contribution in [1.82, 2.24) is 9.80 Å². The minimum absolute atomic E-state index is 0.0994. The average Bonchev–Trinajstić information content (AvgIpc) is 2.76. The van der Waals surface area contributed by atoms with E-state index >= 15 is 0 Å². The highest BCUT2D eigenvalue weighted by Crippen LogP contribution is 2.19. The van der Waals surface area contributed by atoms with E-state index in [1.807, 2.05) is 0 Å². The maximum Gasteiger partial charge on any atom is 0.326 e. The predicted molar refractivity (Wildman–Crippen MR) is 58.5 cm³/mol. The van der Waals surface area contributed by atoms with Crippen molar-refractivity contribution in [3.8, 4) is 0 Å². The Morgan fingerprint density at radius 3 is 2.29 bits per heavy atom. The lowest BCUT2D eigenvalue weighted by Gasteiger charge is -2.29. The zero-order valence-corrected chi connectivity index (χ0v) is 9.58. The molecule has 0 bridgehead atoms. The summed E-state index contributed by atoms with van der Waals surface area (Å²) in [6.45, 7) is 0.183. The van der Waals surface area contributed by atoms with Gasteiger partial charge in [-0.1, -0.05) is 0 Å². The first-order valence-electron chi connectivity index (χ1n) is 5.62. The Morgan fingerprint density at radius 2 is 1.82 bits per heavy atom. The summed E-state index contributed by atoms with van der Waals surface area (Å²) in [4.78, 5) is 25.5. The van der Waals surface area contributed by atoms with Crippen molar-refractivity contribution >= 4 is 12.0 Å². The molecule has 1 saturated heterocycles. The Kier molecular flexibility index (Phi) is 5.17. The van der Waals surface area contributed by atoms with Crippen LogP contribution in [-0.2, 0) is 4.79 Å². The zero-order chi connectivity index (χ0) is 12.8. The van der Waals surface area contributed by atoms with Gasteiger partial charge in [-0.15, -0.1) is 0 Å². The molecule has 7 heteroatoms. The van der Waals surface area contributed by atoms with Gasteiger partial charge in [0.1, 0.15) is 6.04 Å². The van der Waals surface area contributed by atoms with Crippen LogP contribution >= 0.6 is 0 Å². The summed E-state index contributed by atoms with van der Waals surface area (Å²) in [5.41, 5.74) is 0. The fourth-order valence-corrected chi connectivity index (χ4v) is 1.98. The fourth-order valence-electron chi connectivity index (χ4n) is 1.98. The highest BCUT2D eigenvalue weighted by atomic mass is 16.4. The molecule has 1 heterocycles. The predicted octanol–water partition coefficient (Wildman–Crippen LogP) is -1.06. The molecule has 1 aliphatic heterocycles. The number of urea groups is 1. The molecule has 0 saturated carbocycles. The van der Waals surface area contributed by atoms with Crippen molar-refractivity contribution in [1.29, 1.82) is 0 Å². The zero-order valence-electron chi connectivity index (χ0n) is 9.58. The SMILES string of the molecule is O=C(O)[C@@H]1CCCN1C(=O)N(CCO)CCO. The van der Waals surface area contributed by atoms with E-state index < -0.39 is 18.0 Å². The molecular weight excluding hydrogens is 228 g/mol. The van der Waals surface area contributed by atoms with Gasteiger partial charge in [-0.3, -0.25) is 0 Å². The summed E-state index contributed by atoms with van der Waals surface area (Å²) >= 11 is 0. The number of carbonyl (C=O) groups is 2. The summed E-state index contributed by atoms with van der Waals surface area (Å²) in [5, 5.41) is 26.6. The number of aliphatic hydroxyl groups is 2. The molecule has 0 aromatic carbocycles. The number of nitrogens with zero attached hydrogens (tertiary/aromatic N) is 2. The number of aliphatic carboxylic acids is 1. The van der Waals surface area contributed by atoms with E-state index in [0.29, 0.717) is 19.4 Å². The summed E-state index contributed by atoms with van der Waals surface area (Å²) in [5.74, 6) is -1.01. The number of aliphatic hydroxyl groups excluding tert-OH is 2. The van der Waals surface area contributed by atoms with E-state index in [-0.39, 0.29) is 26.3 Å². The minimum atomic E-state index is -1.01. The number of hydrogen-bond donors (Lipinski definition) is 3. The molecule has 0 aliphatic carbocycles. The third kappa shape index (κ3) is 3.31. The van der Waals surface area contributed by atoms with Crippen molar-refractivity contribution in [2.24, 2.45) is 0 Å². The maximum atomic E-state index is 12.0. The van der Waals surface area contributed by atoms with Crippen LogP contribution in [0.1, 0.15) is 12.8 Å². The van der Waals surface area contributed by atoms with E-state index in [2.05, 4.69) is 0 Å². The monoisotopic (exact) mass is 246 g/mol. The second-order valence-corrected chi connectivity index (χ2v) is 3.91. The molecule has 2 amide bonds. The van der Waals surface area contributed by atoms with Crippen molar-refractivity contribution < 1.29 is 24.9 Å². The van der Waals surface area contributed by atoms with E-state index in [0.717, 1.165) is 0 Å². The number of carboxylic acid groups (broad SMARTS) is 1. The number of hydrogen-bond acceptors (Lipinski definition) is 4. The van der Waals surface area contributed by atoms with Gasteiger partial charge in [0.25, 0.3) is 0 Å². The van der Waals surface area contributed by atoms with E-state index in [1.54, 1.807) is 0 Å². The summed E-state index contributed by atoms with van der Waals surface area (Å²) in [6, 6.07) is -1.22. The Bertz CT molecular complexity index is 278. The van der Waals surface area contributed by atoms with Crippen LogP contribution in [-0.4, -0.2) is 76.0 Å². The molecule has 0 aromatic heterocycles. The molecule has 1 rings (SSSR count). The minimum Gasteiger partial charge on any atom is -0.480 e. The molecular formula is C10H18N2O5. The van der Waals surface area contributed by atoms with Crippen LogP contribution < -0.4 is 0 Å². The number of rotatable bonds is 5. The molecule has 1 atom stereocenters. The highest BCUT2D eigenvalue weighted by molar-refractivity contribution is 5.83. The summed E-state index contributed by atoms with van der Waals surface area (Å²) < 4.78 is 0. The molecule has 0 radical (unpaired) electrons. The van der Waals surface area contributed by atoms with Gasteiger partial charge in [0.15, 0.2) is 0 Å². The smallest absolute Gasteiger partial charge is 0.326 e. The van der Waals surface area contributed by atoms with Gasteiger partial charge in [0.2, 0.25) is 0 Å². The van der Waals surface area contributed by atoms with Crippen LogP contribution in [0.5, 0.6) is 0 Å². The molecule has 1 aliphatic rings. The Hall–Kier alpha value is -1.34. The number of amides is 2. The highest BCUT2D eigenvalue weighted by Gasteiger charge is 2.35. The number of carboxylic acids is 1. The van der Waals surface area contributed by atoms with Crippen molar-refractivity contribution in [3.05, 3.63) is 0 Å². The lowest BCUT2D eigenvalue weighted by Crippen LogP contribution is -2.49. The van der Waals surface area contributed by atoms with E-state index in [1.165, 1.54) is 9.80 Å². The van der Waals surface area contributed by atoms with Gasteiger partial charge in [-0.05, 0) is 12.8 Å². The second-order valence-electron chi connectivity index (χ2n) is 3.91. The normalized spacial score (nSPS) is 19.4. The largest absolute Gasteiger partial charge is 0.480 e. The average molecular weight is 246 g/mol. The van der Waals surface area contributed by atoms with Gasteiger partial charge in [0.05, 0.1) is 13.2 Å². The number of likely N-dealkylation sites (tertiary alicyclic amines) is 1. The molecule has 0 spiro atoms.